The van der Waals surface area contributed by atoms with Gasteiger partial charge in [0.05, 0.1) is 5.56 Å². The van der Waals surface area contributed by atoms with Crippen LogP contribution in [0.15, 0.2) is 18.2 Å². The van der Waals surface area contributed by atoms with Crippen LogP contribution < -0.4 is 10.6 Å². The Bertz CT molecular complexity index is 496. The van der Waals surface area contributed by atoms with Crippen LogP contribution in [0.2, 0.25) is 0 Å². The van der Waals surface area contributed by atoms with Crippen LogP contribution in [0.25, 0.3) is 0 Å². The van der Waals surface area contributed by atoms with Crippen molar-refractivity contribution >= 4 is 5.91 Å². The van der Waals surface area contributed by atoms with Crippen molar-refractivity contribution in [1.82, 2.24) is 10.6 Å². The summed E-state index contributed by atoms with van der Waals surface area (Å²) < 4.78 is 50.9. The quantitative estimate of drug-likeness (QED) is 0.821. The highest BCUT2D eigenvalue weighted by atomic mass is 19.4. The van der Waals surface area contributed by atoms with Crippen molar-refractivity contribution in [2.45, 2.75) is 25.1 Å². The number of hydrogen-bond acceptors (Lipinski definition) is 2. The van der Waals surface area contributed by atoms with Crippen molar-refractivity contribution in [3.63, 3.8) is 0 Å². The third-order valence-electron chi connectivity index (χ3n) is 3.12. The molecule has 0 unspecified atom stereocenters. The maximum Gasteiger partial charge on any atom is 0.416 e. The second kappa shape index (κ2) is 5.78. The minimum atomic E-state index is -4.68. The molecule has 3 nitrogen and oxygen atoms in total. The number of carbonyl (C=O) groups is 1. The average molecular weight is 290 g/mol. The van der Waals surface area contributed by atoms with Gasteiger partial charge in [0.1, 0.15) is 5.82 Å². The molecule has 1 aliphatic rings. The monoisotopic (exact) mass is 290 g/mol. The molecular weight excluding hydrogens is 276 g/mol. The van der Waals surface area contributed by atoms with Gasteiger partial charge in [0, 0.05) is 18.2 Å². The number of carbonyl (C=O) groups excluding carboxylic acids is 1. The van der Waals surface area contributed by atoms with E-state index >= 15 is 0 Å². The lowest BCUT2D eigenvalue weighted by Gasteiger charge is -2.24. The fourth-order valence-electron chi connectivity index (χ4n) is 2.13. The van der Waals surface area contributed by atoms with Crippen molar-refractivity contribution in [2.75, 3.05) is 13.1 Å². The van der Waals surface area contributed by atoms with Gasteiger partial charge in [0.2, 0.25) is 0 Å². The Balaban J connectivity index is 2.14. The van der Waals surface area contributed by atoms with Crippen LogP contribution in [0.5, 0.6) is 0 Å². The van der Waals surface area contributed by atoms with E-state index in [1.165, 1.54) is 0 Å². The molecule has 1 aliphatic heterocycles. The molecule has 7 heteroatoms. The zero-order valence-corrected chi connectivity index (χ0v) is 10.6. The summed E-state index contributed by atoms with van der Waals surface area (Å²) in [5, 5.41) is 5.68. The van der Waals surface area contributed by atoms with Crippen molar-refractivity contribution in [3.05, 3.63) is 35.1 Å². The summed E-state index contributed by atoms with van der Waals surface area (Å²) in [6.07, 6.45) is -3.05. The predicted molar refractivity (Wildman–Crippen MR) is 64.8 cm³/mol. The van der Waals surface area contributed by atoms with Gasteiger partial charge in [-0.15, -0.1) is 0 Å². The predicted octanol–water partition coefficient (Wildman–Crippen LogP) is 2.33. The third kappa shape index (κ3) is 3.69. The zero-order valence-electron chi connectivity index (χ0n) is 10.6. The zero-order chi connectivity index (χ0) is 14.8. The topological polar surface area (TPSA) is 41.1 Å². The lowest BCUT2D eigenvalue weighted by atomic mass is 10.1. The molecule has 0 saturated carbocycles. The first-order valence-corrected chi connectivity index (χ1v) is 6.25. The Morgan fingerprint density at radius 2 is 2.05 bits per heavy atom. The molecule has 0 bridgehead atoms. The second-order valence-corrected chi connectivity index (χ2v) is 4.74. The molecule has 1 aromatic rings. The van der Waals surface area contributed by atoms with Crippen LogP contribution in [0.1, 0.15) is 28.8 Å². The van der Waals surface area contributed by atoms with Gasteiger partial charge in [-0.1, -0.05) is 0 Å². The number of halogens is 4. The SMILES string of the molecule is O=C(N[C@@H]1CCCNC1)c1cc(F)cc(C(F)(F)F)c1. The fraction of sp³-hybridized carbons (Fsp3) is 0.462. The van der Waals surface area contributed by atoms with Crippen LogP contribution in [0.3, 0.4) is 0 Å². The summed E-state index contributed by atoms with van der Waals surface area (Å²) in [5.74, 6) is -1.77. The molecule has 0 radical (unpaired) electrons. The van der Waals surface area contributed by atoms with E-state index in [9.17, 15) is 22.4 Å². The number of benzene rings is 1. The first-order chi connectivity index (χ1) is 9.36. The molecule has 2 rings (SSSR count). The Hall–Kier alpha value is -1.63. The first kappa shape index (κ1) is 14.8. The number of piperidine rings is 1. The number of amides is 1. The van der Waals surface area contributed by atoms with Crippen molar-refractivity contribution in [1.29, 1.82) is 0 Å². The van der Waals surface area contributed by atoms with Crippen LogP contribution >= 0.6 is 0 Å². The number of hydrogen-bond donors (Lipinski definition) is 2. The lowest BCUT2D eigenvalue weighted by Crippen LogP contribution is -2.45. The Morgan fingerprint density at radius 3 is 2.65 bits per heavy atom. The number of alkyl halides is 3. The van der Waals surface area contributed by atoms with E-state index in [0.717, 1.165) is 25.5 Å². The van der Waals surface area contributed by atoms with Gasteiger partial charge >= 0.3 is 6.18 Å². The van der Waals surface area contributed by atoms with Crippen molar-refractivity contribution in [2.24, 2.45) is 0 Å². The van der Waals surface area contributed by atoms with Gasteiger partial charge in [0.15, 0.2) is 0 Å². The molecule has 1 amide bonds. The molecular formula is C13H14F4N2O. The largest absolute Gasteiger partial charge is 0.416 e. The smallest absolute Gasteiger partial charge is 0.348 e. The van der Waals surface area contributed by atoms with Gasteiger partial charge in [-0.3, -0.25) is 4.79 Å². The van der Waals surface area contributed by atoms with E-state index in [0.29, 0.717) is 18.7 Å². The molecule has 20 heavy (non-hydrogen) atoms. The van der Waals surface area contributed by atoms with Crippen molar-refractivity contribution < 1.29 is 22.4 Å². The minimum absolute atomic E-state index is 0.145. The molecule has 1 fully saturated rings. The van der Waals surface area contributed by atoms with Gasteiger partial charge in [-0.05, 0) is 37.6 Å². The molecule has 1 atom stereocenters. The van der Waals surface area contributed by atoms with E-state index < -0.39 is 23.5 Å². The number of nitrogens with one attached hydrogen (secondary N) is 2. The van der Waals surface area contributed by atoms with E-state index in [4.69, 9.17) is 0 Å². The van der Waals surface area contributed by atoms with Crippen LogP contribution in [-0.2, 0) is 6.18 Å². The van der Waals surface area contributed by atoms with Crippen molar-refractivity contribution in [3.8, 4) is 0 Å². The second-order valence-electron chi connectivity index (χ2n) is 4.74. The highest BCUT2D eigenvalue weighted by Gasteiger charge is 2.32. The highest BCUT2D eigenvalue weighted by molar-refractivity contribution is 5.94. The third-order valence-corrected chi connectivity index (χ3v) is 3.12. The van der Waals surface area contributed by atoms with E-state index in [-0.39, 0.29) is 11.6 Å². The molecule has 1 heterocycles. The number of rotatable bonds is 2. The van der Waals surface area contributed by atoms with Gasteiger partial charge in [-0.2, -0.15) is 13.2 Å². The summed E-state index contributed by atoms with van der Waals surface area (Å²) in [6, 6.07) is 1.70. The molecule has 1 aromatic carbocycles. The van der Waals surface area contributed by atoms with Crippen LogP contribution in [0.4, 0.5) is 17.6 Å². The minimum Gasteiger partial charge on any atom is -0.348 e. The van der Waals surface area contributed by atoms with Crippen LogP contribution in [0, 0.1) is 5.82 Å². The molecule has 110 valence electrons. The fourth-order valence-corrected chi connectivity index (χ4v) is 2.13. The summed E-state index contributed by atoms with van der Waals surface area (Å²) in [6.45, 7) is 1.41. The maximum absolute atomic E-state index is 13.2. The van der Waals surface area contributed by atoms with Gasteiger partial charge in [0.25, 0.3) is 5.91 Å². The Morgan fingerprint density at radius 1 is 1.30 bits per heavy atom. The van der Waals surface area contributed by atoms with Gasteiger partial charge in [-0.25, -0.2) is 4.39 Å². The Kier molecular flexibility index (Phi) is 4.27. The summed E-state index contributed by atoms with van der Waals surface area (Å²) in [7, 11) is 0. The summed E-state index contributed by atoms with van der Waals surface area (Å²) in [5.41, 5.74) is -1.48. The summed E-state index contributed by atoms with van der Waals surface area (Å²) in [4.78, 5) is 11.9. The Labute approximate surface area is 113 Å². The average Bonchev–Trinajstić information content (AvgIpc) is 2.38. The van der Waals surface area contributed by atoms with Crippen LogP contribution in [-0.4, -0.2) is 25.0 Å². The van der Waals surface area contributed by atoms with E-state index in [1.54, 1.807) is 0 Å². The first-order valence-electron chi connectivity index (χ1n) is 6.25. The summed E-state index contributed by atoms with van der Waals surface area (Å²) >= 11 is 0. The van der Waals surface area contributed by atoms with Gasteiger partial charge < -0.3 is 10.6 Å². The normalized spacial score (nSPS) is 19.7. The maximum atomic E-state index is 13.2. The molecule has 0 aromatic heterocycles. The molecule has 2 N–H and O–H groups in total. The molecule has 0 aliphatic carbocycles. The standard InChI is InChI=1S/C13H14F4N2O/c14-10-5-8(4-9(6-10)13(15,16)17)12(20)19-11-2-1-3-18-7-11/h4-6,11,18H,1-3,7H2,(H,19,20)/t11-/m1/s1. The van der Waals surface area contributed by atoms with E-state index in [1.807, 2.05) is 0 Å². The lowest BCUT2D eigenvalue weighted by molar-refractivity contribution is -0.137. The molecule has 0 spiro atoms. The highest BCUT2D eigenvalue weighted by Crippen LogP contribution is 2.30. The molecule has 1 saturated heterocycles. The van der Waals surface area contributed by atoms with E-state index in [2.05, 4.69) is 10.6 Å².